The Morgan fingerprint density at radius 1 is 1.17 bits per heavy atom. The predicted octanol–water partition coefficient (Wildman–Crippen LogP) is 3.19. The van der Waals surface area contributed by atoms with Gasteiger partial charge in [-0.25, -0.2) is 0 Å². The lowest BCUT2D eigenvalue weighted by Crippen LogP contribution is -2.48. The molecule has 3 heterocycles. The van der Waals surface area contributed by atoms with Gasteiger partial charge in [0, 0.05) is 35.7 Å². The number of amides is 1. The number of nitrogens with zero attached hydrogens (tertiary/aromatic N) is 2. The van der Waals surface area contributed by atoms with Crippen molar-refractivity contribution in [3.05, 3.63) is 36.0 Å². The van der Waals surface area contributed by atoms with Crippen LogP contribution in [0.1, 0.15) is 38.2 Å². The molecule has 2 aliphatic heterocycles. The Morgan fingerprint density at radius 2 is 1.96 bits per heavy atom. The molecule has 0 spiro atoms. The van der Waals surface area contributed by atoms with Gasteiger partial charge < -0.3 is 9.88 Å². The molecule has 0 unspecified atom stereocenters. The number of hydrogen-bond acceptors (Lipinski definition) is 2. The Balaban J connectivity index is 1.51. The molecule has 0 bridgehead atoms. The van der Waals surface area contributed by atoms with E-state index < -0.39 is 0 Å². The third kappa shape index (κ3) is 2.73. The van der Waals surface area contributed by atoms with E-state index in [4.69, 9.17) is 0 Å². The van der Waals surface area contributed by atoms with E-state index in [-0.39, 0.29) is 0 Å². The van der Waals surface area contributed by atoms with Gasteiger partial charge in [-0.05, 0) is 50.4 Å². The molecule has 1 aromatic heterocycles. The van der Waals surface area contributed by atoms with E-state index in [1.54, 1.807) is 0 Å². The summed E-state index contributed by atoms with van der Waals surface area (Å²) in [7, 11) is 0. The normalized spacial score (nSPS) is 25.0. The molecule has 2 aromatic rings. The smallest absolute Gasteiger partial charge is 0.227 e. The number of hydrogen-bond donors (Lipinski definition) is 1. The van der Waals surface area contributed by atoms with Gasteiger partial charge in [0.05, 0.1) is 6.42 Å². The van der Waals surface area contributed by atoms with Crippen LogP contribution in [0.25, 0.3) is 10.9 Å². The Bertz CT molecular complexity index is 722. The van der Waals surface area contributed by atoms with Gasteiger partial charge in [0.15, 0.2) is 0 Å². The van der Waals surface area contributed by atoms with Gasteiger partial charge in [-0.2, -0.15) is 0 Å². The number of rotatable bonds is 4. The summed E-state index contributed by atoms with van der Waals surface area (Å²) in [6.45, 7) is 5.47. The van der Waals surface area contributed by atoms with Crippen LogP contribution in [0.15, 0.2) is 30.5 Å². The van der Waals surface area contributed by atoms with Gasteiger partial charge >= 0.3 is 0 Å². The molecular formula is C20H27N3O. The molecule has 24 heavy (non-hydrogen) atoms. The number of H-pyrrole nitrogens is 1. The number of nitrogens with one attached hydrogen (secondary N) is 1. The molecule has 4 nitrogen and oxygen atoms in total. The lowest BCUT2D eigenvalue weighted by Gasteiger charge is -2.34. The van der Waals surface area contributed by atoms with Crippen molar-refractivity contribution in [2.75, 3.05) is 19.6 Å². The number of para-hydroxylation sites is 1. The molecule has 1 amide bonds. The van der Waals surface area contributed by atoms with Crippen molar-refractivity contribution in [2.45, 2.75) is 51.1 Å². The van der Waals surface area contributed by atoms with Crippen molar-refractivity contribution in [1.82, 2.24) is 14.8 Å². The van der Waals surface area contributed by atoms with Crippen LogP contribution >= 0.6 is 0 Å². The predicted molar refractivity (Wildman–Crippen MR) is 97.0 cm³/mol. The van der Waals surface area contributed by atoms with Crippen LogP contribution < -0.4 is 0 Å². The molecular weight excluding hydrogens is 298 g/mol. The lowest BCUT2D eigenvalue weighted by molar-refractivity contribution is -0.132. The first-order valence-electron chi connectivity index (χ1n) is 9.36. The lowest BCUT2D eigenvalue weighted by atomic mass is 10.0. The summed E-state index contributed by atoms with van der Waals surface area (Å²) < 4.78 is 0. The third-order valence-electron chi connectivity index (χ3n) is 5.90. The van der Waals surface area contributed by atoms with Crippen LogP contribution in [0.5, 0.6) is 0 Å². The molecule has 0 aliphatic carbocycles. The number of aromatic nitrogens is 1. The maximum absolute atomic E-state index is 13.0. The highest BCUT2D eigenvalue weighted by Crippen LogP contribution is 2.30. The summed E-state index contributed by atoms with van der Waals surface area (Å²) in [4.78, 5) is 21.1. The second kappa shape index (κ2) is 6.60. The van der Waals surface area contributed by atoms with Crippen LogP contribution in [0.3, 0.4) is 0 Å². The van der Waals surface area contributed by atoms with E-state index in [1.165, 1.54) is 31.2 Å². The fourth-order valence-corrected chi connectivity index (χ4v) is 4.72. The second-order valence-electron chi connectivity index (χ2n) is 7.17. The summed E-state index contributed by atoms with van der Waals surface area (Å²) in [5, 5.41) is 1.18. The number of carbonyl (C=O) groups is 1. The van der Waals surface area contributed by atoms with E-state index in [0.717, 1.165) is 30.6 Å². The minimum Gasteiger partial charge on any atom is -0.361 e. The van der Waals surface area contributed by atoms with Crippen molar-refractivity contribution < 1.29 is 4.79 Å². The molecule has 2 aliphatic rings. The van der Waals surface area contributed by atoms with Crippen molar-refractivity contribution >= 4 is 16.8 Å². The molecule has 2 atom stereocenters. The number of likely N-dealkylation sites (tertiary alicyclic amines) is 2. The maximum atomic E-state index is 13.0. The van der Waals surface area contributed by atoms with E-state index in [2.05, 4.69) is 33.8 Å². The highest BCUT2D eigenvalue weighted by Gasteiger charge is 2.38. The number of aromatic amines is 1. The standard InChI is InChI=1S/C20H27N3O/c1-2-22-11-5-9-18(22)19-10-6-12-23(19)20(24)13-15-14-21-17-8-4-3-7-16(15)17/h3-4,7-8,14,18-19,21H,2,5-6,9-13H2,1H3/t18-,19+/m0/s1. The first-order valence-corrected chi connectivity index (χ1v) is 9.36. The van der Waals surface area contributed by atoms with Gasteiger partial charge in [0.25, 0.3) is 0 Å². The van der Waals surface area contributed by atoms with Gasteiger partial charge in [-0.3, -0.25) is 9.69 Å². The van der Waals surface area contributed by atoms with E-state index in [1.807, 2.05) is 18.3 Å². The van der Waals surface area contributed by atoms with Gasteiger partial charge in [0.2, 0.25) is 5.91 Å². The molecule has 1 N–H and O–H groups in total. The highest BCUT2D eigenvalue weighted by atomic mass is 16.2. The highest BCUT2D eigenvalue weighted by molar-refractivity contribution is 5.89. The minimum absolute atomic E-state index is 0.296. The average molecular weight is 325 g/mol. The van der Waals surface area contributed by atoms with Crippen molar-refractivity contribution in [3.8, 4) is 0 Å². The molecule has 4 heteroatoms. The number of fused-ring (bicyclic) bond motifs is 1. The summed E-state index contributed by atoms with van der Waals surface area (Å²) >= 11 is 0. The monoisotopic (exact) mass is 325 g/mol. The van der Waals surface area contributed by atoms with Gasteiger partial charge in [0.1, 0.15) is 0 Å². The van der Waals surface area contributed by atoms with Crippen molar-refractivity contribution in [3.63, 3.8) is 0 Å². The number of carbonyl (C=O) groups excluding carboxylic acids is 1. The summed E-state index contributed by atoms with van der Waals surface area (Å²) in [6, 6.07) is 9.24. The largest absolute Gasteiger partial charge is 0.361 e. The van der Waals surface area contributed by atoms with Crippen LogP contribution in [-0.4, -0.2) is 52.4 Å². The Labute approximate surface area is 143 Å². The zero-order valence-electron chi connectivity index (χ0n) is 14.5. The Hall–Kier alpha value is -1.81. The van der Waals surface area contributed by atoms with E-state index in [9.17, 15) is 4.79 Å². The molecule has 2 fully saturated rings. The third-order valence-corrected chi connectivity index (χ3v) is 5.90. The first kappa shape index (κ1) is 15.7. The SMILES string of the molecule is CCN1CCC[C@H]1[C@H]1CCCN1C(=O)Cc1c[nH]c2ccccc12. The van der Waals surface area contributed by atoms with Gasteiger partial charge in [-0.15, -0.1) is 0 Å². The van der Waals surface area contributed by atoms with Crippen molar-refractivity contribution in [2.24, 2.45) is 0 Å². The van der Waals surface area contributed by atoms with Crippen LogP contribution in [-0.2, 0) is 11.2 Å². The average Bonchev–Trinajstić information content (AvgIpc) is 3.33. The Kier molecular flexibility index (Phi) is 4.31. The van der Waals surface area contributed by atoms with Crippen LogP contribution in [0, 0.1) is 0 Å². The molecule has 4 rings (SSSR count). The zero-order valence-corrected chi connectivity index (χ0v) is 14.5. The minimum atomic E-state index is 0.296. The molecule has 2 saturated heterocycles. The molecule has 1 aromatic carbocycles. The van der Waals surface area contributed by atoms with E-state index >= 15 is 0 Å². The molecule has 0 saturated carbocycles. The summed E-state index contributed by atoms with van der Waals surface area (Å²) in [5.41, 5.74) is 2.24. The summed E-state index contributed by atoms with van der Waals surface area (Å²) in [5.74, 6) is 0.296. The number of likely N-dealkylation sites (N-methyl/N-ethyl adjacent to an activating group) is 1. The fourth-order valence-electron chi connectivity index (χ4n) is 4.72. The zero-order chi connectivity index (χ0) is 16.5. The Morgan fingerprint density at radius 3 is 2.83 bits per heavy atom. The quantitative estimate of drug-likeness (QED) is 0.938. The maximum Gasteiger partial charge on any atom is 0.227 e. The first-order chi connectivity index (χ1) is 11.8. The van der Waals surface area contributed by atoms with Crippen molar-refractivity contribution in [1.29, 1.82) is 0 Å². The van der Waals surface area contributed by atoms with Crippen LogP contribution in [0.4, 0.5) is 0 Å². The molecule has 0 radical (unpaired) electrons. The van der Waals surface area contributed by atoms with E-state index in [0.29, 0.717) is 24.4 Å². The topological polar surface area (TPSA) is 39.3 Å². The molecule has 128 valence electrons. The fraction of sp³-hybridized carbons (Fsp3) is 0.550. The second-order valence-corrected chi connectivity index (χ2v) is 7.17. The van der Waals surface area contributed by atoms with Crippen LogP contribution in [0.2, 0.25) is 0 Å². The van der Waals surface area contributed by atoms with Gasteiger partial charge in [-0.1, -0.05) is 25.1 Å². The number of benzene rings is 1. The summed E-state index contributed by atoms with van der Waals surface area (Å²) in [6.07, 6.45) is 7.36.